The Morgan fingerprint density at radius 1 is 0.882 bits per heavy atom. The molecular formula is C16H35P. The van der Waals surface area contributed by atoms with Gasteiger partial charge < -0.3 is 0 Å². The zero-order valence-electron chi connectivity index (χ0n) is 13.6. The second-order valence-electron chi connectivity index (χ2n) is 6.69. The highest BCUT2D eigenvalue weighted by Crippen LogP contribution is 2.65. The van der Waals surface area contributed by atoms with Crippen molar-refractivity contribution in [1.82, 2.24) is 0 Å². The summed E-state index contributed by atoms with van der Waals surface area (Å²) in [5.41, 5.74) is 0.912. The molecule has 0 spiro atoms. The van der Waals surface area contributed by atoms with Crippen LogP contribution in [0.2, 0.25) is 0 Å². The van der Waals surface area contributed by atoms with Crippen molar-refractivity contribution in [3.63, 3.8) is 0 Å². The van der Waals surface area contributed by atoms with Crippen molar-refractivity contribution in [1.29, 1.82) is 0 Å². The van der Waals surface area contributed by atoms with Gasteiger partial charge in [-0.1, -0.05) is 76.2 Å². The van der Waals surface area contributed by atoms with E-state index in [0.717, 1.165) is 5.66 Å². The van der Waals surface area contributed by atoms with Crippen LogP contribution in [0.5, 0.6) is 0 Å². The molecule has 0 aliphatic carbocycles. The lowest BCUT2D eigenvalue weighted by atomic mass is 10.1. The smallest absolute Gasteiger partial charge is 0.0146 e. The van der Waals surface area contributed by atoms with Gasteiger partial charge in [-0.15, -0.1) is 0 Å². The van der Waals surface area contributed by atoms with Gasteiger partial charge in [0.25, 0.3) is 0 Å². The van der Waals surface area contributed by atoms with Crippen LogP contribution in [-0.2, 0) is 0 Å². The van der Waals surface area contributed by atoms with Crippen LogP contribution in [-0.4, -0.2) is 16.0 Å². The molecule has 0 nitrogen and oxygen atoms in total. The lowest BCUT2D eigenvalue weighted by Gasteiger charge is -2.48. The first kappa shape index (κ1) is 17.4. The summed E-state index contributed by atoms with van der Waals surface area (Å²) in [5, 5.41) is 1.06. The fourth-order valence-electron chi connectivity index (χ4n) is 2.98. The van der Waals surface area contributed by atoms with Crippen molar-refractivity contribution in [2.24, 2.45) is 0 Å². The highest BCUT2D eigenvalue weighted by atomic mass is 31.1. The van der Waals surface area contributed by atoms with Gasteiger partial charge in [0.05, 0.1) is 0 Å². The van der Waals surface area contributed by atoms with Crippen LogP contribution in [0.1, 0.15) is 87.5 Å². The van der Waals surface area contributed by atoms with E-state index in [0.29, 0.717) is 10.3 Å². The molecule has 0 aromatic carbocycles. The second-order valence-corrected chi connectivity index (χ2v) is 10.7. The van der Waals surface area contributed by atoms with E-state index < -0.39 is 0 Å². The van der Waals surface area contributed by atoms with Crippen LogP contribution in [0.4, 0.5) is 0 Å². The summed E-state index contributed by atoms with van der Waals surface area (Å²) in [5.74, 6) is 0. The third kappa shape index (κ3) is 4.90. The van der Waals surface area contributed by atoms with E-state index >= 15 is 0 Å². The van der Waals surface area contributed by atoms with Crippen LogP contribution in [0.3, 0.4) is 0 Å². The van der Waals surface area contributed by atoms with Gasteiger partial charge in [0.15, 0.2) is 0 Å². The van der Waals surface area contributed by atoms with Crippen LogP contribution in [0.25, 0.3) is 0 Å². The summed E-state index contributed by atoms with van der Waals surface area (Å²) in [6, 6.07) is 0. The fourth-order valence-corrected chi connectivity index (χ4v) is 8.13. The van der Waals surface area contributed by atoms with Crippen molar-refractivity contribution in [2.45, 2.75) is 103 Å². The van der Waals surface area contributed by atoms with Crippen molar-refractivity contribution >= 4 is 7.92 Å². The normalized spacial score (nSPS) is 15.4. The standard InChI is InChI=1S/C16H35P/c1-9-12-13-14(4)17(15(5,6)10-2)16(7,8)11-3/h14H,9-13H2,1-8H3. The Hall–Kier alpha value is 0.430. The van der Waals surface area contributed by atoms with Gasteiger partial charge in [0, 0.05) is 0 Å². The van der Waals surface area contributed by atoms with Crippen LogP contribution >= 0.6 is 7.92 Å². The molecule has 1 unspecified atom stereocenters. The molecule has 0 saturated heterocycles. The Morgan fingerprint density at radius 2 is 1.29 bits per heavy atom. The van der Waals surface area contributed by atoms with Crippen LogP contribution < -0.4 is 0 Å². The molecule has 0 amide bonds. The summed E-state index contributed by atoms with van der Waals surface area (Å²) in [6.45, 7) is 19.6. The number of rotatable bonds is 8. The third-order valence-electron chi connectivity index (χ3n) is 4.45. The molecule has 0 heterocycles. The Labute approximate surface area is 112 Å². The molecule has 0 saturated carbocycles. The minimum Gasteiger partial charge on any atom is -0.0922 e. The summed E-state index contributed by atoms with van der Waals surface area (Å²) in [6.07, 6.45) is 6.80. The fraction of sp³-hybridized carbons (Fsp3) is 1.00. The Bertz CT molecular complexity index is 190. The van der Waals surface area contributed by atoms with Gasteiger partial charge >= 0.3 is 0 Å². The van der Waals surface area contributed by atoms with E-state index in [4.69, 9.17) is 0 Å². The largest absolute Gasteiger partial charge is 0.0922 e. The predicted octanol–water partition coefficient (Wildman–Crippen LogP) is 6.42. The van der Waals surface area contributed by atoms with Gasteiger partial charge in [-0.05, 0) is 35.2 Å². The predicted molar refractivity (Wildman–Crippen MR) is 84.6 cm³/mol. The minimum atomic E-state index is 0.0798. The highest BCUT2D eigenvalue weighted by molar-refractivity contribution is 7.61. The lowest BCUT2D eigenvalue weighted by Crippen LogP contribution is -2.33. The Morgan fingerprint density at radius 3 is 1.59 bits per heavy atom. The summed E-state index contributed by atoms with van der Waals surface area (Å²) >= 11 is 0. The quantitative estimate of drug-likeness (QED) is 0.440. The monoisotopic (exact) mass is 258 g/mol. The number of hydrogen-bond donors (Lipinski definition) is 0. The molecule has 0 rings (SSSR count). The van der Waals surface area contributed by atoms with E-state index in [1.165, 1.54) is 32.1 Å². The van der Waals surface area contributed by atoms with E-state index in [-0.39, 0.29) is 7.92 Å². The van der Waals surface area contributed by atoms with Crippen LogP contribution in [0.15, 0.2) is 0 Å². The van der Waals surface area contributed by atoms with Gasteiger partial charge in [-0.2, -0.15) is 0 Å². The van der Waals surface area contributed by atoms with E-state index in [1.807, 2.05) is 0 Å². The average molecular weight is 258 g/mol. The van der Waals surface area contributed by atoms with Crippen molar-refractivity contribution in [2.75, 3.05) is 0 Å². The Kier molecular flexibility index (Phi) is 7.31. The topological polar surface area (TPSA) is 0 Å². The summed E-state index contributed by atoms with van der Waals surface area (Å²) < 4.78 is 0. The zero-order chi connectivity index (χ0) is 13.7. The maximum Gasteiger partial charge on any atom is -0.0146 e. The van der Waals surface area contributed by atoms with Crippen LogP contribution in [0, 0.1) is 0 Å². The molecule has 0 bridgehead atoms. The van der Waals surface area contributed by atoms with Crippen molar-refractivity contribution in [3.05, 3.63) is 0 Å². The molecule has 0 aliphatic rings. The lowest BCUT2D eigenvalue weighted by molar-refractivity contribution is 0.579. The molecule has 17 heavy (non-hydrogen) atoms. The number of hydrogen-bond acceptors (Lipinski definition) is 0. The SMILES string of the molecule is CCCCC(C)P(C(C)(C)CC)C(C)(C)CC. The first-order chi connectivity index (χ1) is 7.72. The molecule has 0 radical (unpaired) electrons. The van der Waals surface area contributed by atoms with Crippen molar-refractivity contribution in [3.8, 4) is 0 Å². The van der Waals surface area contributed by atoms with Gasteiger partial charge in [0.1, 0.15) is 0 Å². The number of unbranched alkanes of at least 4 members (excludes halogenated alkanes) is 1. The molecule has 0 aromatic rings. The van der Waals surface area contributed by atoms with E-state index in [9.17, 15) is 0 Å². The van der Waals surface area contributed by atoms with E-state index in [2.05, 4.69) is 55.4 Å². The highest BCUT2D eigenvalue weighted by Gasteiger charge is 2.40. The molecule has 0 aromatic heterocycles. The first-order valence-electron chi connectivity index (χ1n) is 7.52. The van der Waals surface area contributed by atoms with Gasteiger partial charge in [0.2, 0.25) is 0 Å². The van der Waals surface area contributed by atoms with Gasteiger partial charge in [-0.3, -0.25) is 0 Å². The molecule has 1 atom stereocenters. The maximum atomic E-state index is 2.51. The average Bonchev–Trinajstić information content (AvgIpc) is 2.25. The summed E-state index contributed by atoms with van der Waals surface area (Å²) in [7, 11) is 0.0798. The molecule has 0 fully saturated rings. The van der Waals surface area contributed by atoms with Crippen molar-refractivity contribution < 1.29 is 0 Å². The third-order valence-corrected chi connectivity index (χ3v) is 8.83. The maximum absolute atomic E-state index is 2.51. The molecule has 1 heteroatoms. The zero-order valence-corrected chi connectivity index (χ0v) is 14.5. The molecule has 0 N–H and O–H groups in total. The molecule has 0 aliphatic heterocycles. The second kappa shape index (κ2) is 7.13. The van der Waals surface area contributed by atoms with E-state index in [1.54, 1.807) is 0 Å². The Balaban J connectivity index is 4.98. The first-order valence-corrected chi connectivity index (χ1v) is 8.93. The molecular weight excluding hydrogens is 223 g/mol. The minimum absolute atomic E-state index is 0.0798. The van der Waals surface area contributed by atoms with Gasteiger partial charge in [-0.25, -0.2) is 0 Å². The summed E-state index contributed by atoms with van der Waals surface area (Å²) in [4.78, 5) is 0. The molecule has 104 valence electrons.